The predicted molar refractivity (Wildman–Crippen MR) is 192 cm³/mol. The van der Waals surface area contributed by atoms with Gasteiger partial charge in [-0.05, 0) is 125 Å². The zero-order valence-corrected chi connectivity index (χ0v) is 32.6. The fraction of sp³-hybridized carbons (Fsp3) is 0.949. The number of likely N-dealkylation sites (tertiary alicyclic amines) is 1. The number of carbonyl (C=O) groups excluding carboxylic acids is 2. The molecule has 49 heavy (non-hydrogen) atoms. The molecule has 284 valence electrons. The number of piperidine rings is 1. The van der Waals surface area contributed by atoms with Crippen molar-refractivity contribution in [3.8, 4) is 0 Å². The molecule has 1 N–H and O–H groups in total. The molecular formula is C39H71N3O7. The Labute approximate surface area is 297 Å². The Bertz CT molecular complexity index is 1060. The zero-order valence-electron chi connectivity index (χ0n) is 32.6. The zero-order chi connectivity index (χ0) is 36.1. The first kappa shape index (κ1) is 40.6. The number of cyclic esters (lactones) is 1. The summed E-state index contributed by atoms with van der Waals surface area (Å²) >= 11 is 0. The highest BCUT2D eigenvalue weighted by Gasteiger charge is 2.51. The molecule has 3 saturated heterocycles. The summed E-state index contributed by atoms with van der Waals surface area (Å²) in [7, 11) is 7.68. The number of aliphatic hydroxyl groups excluding tert-OH is 1. The number of carbonyl (C=O) groups is 2. The number of hydrogen-bond donors (Lipinski definition) is 1. The van der Waals surface area contributed by atoms with E-state index in [1.54, 1.807) is 27.9 Å². The normalized spacial score (nSPS) is 38.9. The van der Waals surface area contributed by atoms with E-state index in [-0.39, 0.29) is 36.5 Å². The van der Waals surface area contributed by atoms with E-state index in [0.717, 1.165) is 32.0 Å². The number of aliphatic hydroxyl groups is 1. The average molecular weight is 694 g/mol. The summed E-state index contributed by atoms with van der Waals surface area (Å²) in [5.74, 6) is 0.104. The van der Waals surface area contributed by atoms with Crippen LogP contribution in [0.25, 0.3) is 0 Å². The number of ketones is 1. The van der Waals surface area contributed by atoms with Gasteiger partial charge in [-0.2, -0.15) is 0 Å². The van der Waals surface area contributed by atoms with Crippen molar-refractivity contribution in [2.24, 2.45) is 29.1 Å². The SMILES string of the molecule is CO[C@]1(C)C[C@@H](C)CN(C)[C@H](CC2CCN(CC3CCCCC3)CC2)COC(=O)C(C)(C)C(=O)[C@H](C)[C@H]1O[C@@H]1O[C@H](C)C[C@H](N(C)C)[C@H]1O. The first-order chi connectivity index (χ1) is 23.0. The highest BCUT2D eigenvalue weighted by Crippen LogP contribution is 2.39. The molecule has 0 bridgehead atoms. The Kier molecular flexibility index (Phi) is 14.6. The highest BCUT2D eigenvalue weighted by molar-refractivity contribution is 6.04. The van der Waals surface area contributed by atoms with E-state index in [1.807, 2.05) is 32.8 Å². The van der Waals surface area contributed by atoms with E-state index in [2.05, 4.69) is 23.8 Å². The average Bonchev–Trinajstić information content (AvgIpc) is 3.06. The van der Waals surface area contributed by atoms with E-state index < -0.39 is 41.4 Å². The first-order valence-electron chi connectivity index (χ1n) is 19.4. The van der Waals surface area contributed by atoms with E-state index >= 15 is 0 Å². The molecule has 3 heterocycles. The lowest BCUT2D eigenvalue weighted by Gasteiger charge is -2.47. The minimum atomic E-state index is -1.39. The highest BCUT2D eigenvalue weighted by atomic mass is 16.7. The molecule has 9 atom stereocenters. The van der Waals surface area contributed by atoms with Gasteiger partial charge in [0.05, 0.1) is 17.8 Å². The van der Waals surface area contributed by atoms with Crippen LogP contribution < -0.4 is 0 Å². The molecule has 0 aromatic rings. The molecule has 0 radical (unpaired) electrons. The molecule has 0 aromatic carbocycles. The molecule has 10 heteroatoms. The van der Waals surface area contributed by atoms with Gasteiger partial charge in [-0.25, -0.2) is 0 Å². The molecule has 3 aliphatic heterocycles. The number of rotatable bonds is 8. The number of ether oxygens (including phenoxy) is 4. The Balaban J connectivity index is 1.52. The number of methoxy groups -OCH3 is 1. The standard InChI is InChI=1S/C39H71N3O7/c1-26-22-39(6,46-10)35(49-36-33(43)32(40(7)8)20-27(2)48-36)28(3)34(44)38(4,5)37(45)47-25-31(41(9)23-26)21-29-16-18-42(19-17-29)24-30-14-12-11-13-15-30/h26-33,35-36,43H,11-25H2,1-10H3/t26-,27-,28+,31-,32+,33-,35-,36+,39-/m1/s1. The van der Waals surface area contributed by atoms with Gasteiger partial charge in [0.25, 0.3) is 0 Å². The molecule has 4 fully saturated rings. The summed E-state index contributed by atoms with van der Waals surface area (Å²) in [5, 5.41) is 11.4. The van der Waals surface area contributed by atoms with Crippen LogP contribution in [0.5, 0.6) is 0 Å². The first-order valence-corrected chi connectivity index (χ1v) is 19.4. The lowest BCUT2D eigenvalue weighted by atomic mass is 9.74. The number of nitrogens with zero attached hydrogens (tertiary/aromatic N) is 3. The summed E-state index contributed by atoms with van der Waals surface area (Å²) in [6, 6.07) is -0.107. The van der Waals surface area contributed by atoms with Gasteiger partial charge in [0, 0.05) is 38.2 Å². The molecule has 1 aliphatic carbocycles. The van der Waals surface area contributed by atoms with Gasteiger partial charge in [-0.3, -0.25) is 14.5 Å². The summed E-state index contributed by atoms with van der Waals surface area (Å²) in [5.41, 5.74) is -2.30. The van der Waals surface area contributed by atoms with E-state index in [9.17, 15) is 14.7 Å². The Morgan fingerprint density at radius 2 is 1.63 bits per heavy atom. The van der Waals surface area contributed by atoms with Crippen LogP contribution in [-0.2, 0) is 28.5 Å². The van der Waals surface area contributed by atoms with Crippen molar-refractivity contribution in [2.75, 3.05) is 61.0 Å². The minimum Gasteiger partial charge on any atom is -0.463 e. The maximum Gasteiger partial charge on any atom is 0.319 e. The smallest absolute Gasteiger partial charge is 0.319 e. The van der Waals surface area contributed by atoms with Crippen molar-refractivity contribution in [3.05, 3.63) is 0 Å². The third-order valence-electron chi connectivity index (χ3n) is 12.6. The third kappa shape index (κ3) is 10.3. The molecule has 4 aliphatic rings. The van der Waals surface area contributed by atoms with Gasteiger partial charge in [-0.1, -0.05) is 33.1 Å². The lowest BCUT2D eigenvalue weighted by Crippen LogP contribution is -2.59. The van der Waals surface area contributed by atoms with Gasteiger partial charge >= 0.3 is 5.97 Å². The second-order valence-electron chi connectivity index (χ2n) is 17.4. The van der Waals surface area contributed by atoms with Crippen molar-refractivity contribution in [2.45, 2.75) is 148 Å². The van der Waals surface area contributed by atoms with Crippen LogP contribution in [0.15, 0.2) is 0 Å². The van der Waals surface area contributed by atoms with Crippen LogP contribution in [0.3, 0.4) is 0 Å². The Hall–Kier alpha value is -1.14. The van der Waals surface area contributed by atoms with Crippen LogP contribution in [-0.4, -0.2) is 135 Å². The largest absolute Gasteiger partial charge is 0.463 e. The minimum absolute atomic E-state index is 0.0569. The van der Waals surface area contributed by atoms with E-state index in [4.69, 9.17) is 18.9 Å². The topological polar surface area (TPSA) is 101 Å². The second kappa shape index (κ2) is 17.6. The van der Waals surface area contributed by atoms with Crippen LogP contribution in [0.1, 0.15) is 106 Å². The van der Waals surface area contributed by atoms with E-state index in [1.165, 1.54) is 51.5 Å². The summed E-state index contributed by atoms with van der Waals surface area (Å²) in [6.45, 7) is 15.9. The van der Waals surface area contributed by atoms with Crippen LogP contribution in [0.4, 0.5) is 0 Å². The fourth-order valence-corrected chi connectivity index (χ4v) is 9.36. The molecule has 10 nitrogen and oxygen atoms in total. The maximum absolute atomic E-state index is 14.3. The molecule has 0 unspecified atom stereocenters. The monoisotopic (exact) mass is 694 g/mol. The molecule has 1 saturated carbocycles. The van der Waals surface area contributed by atoms with Crippen molar-refractivity contribution in [1.29, 1.82) is 0 Å². The van der Waals surface area contributed by atoms with Gasteiger partial charge in [-0.15, -0.1) is 0 Å². The van der Waals surface area contributed by atoms with Gasteiger partial charge in [0.2, 0.25) is 0 Å². The lowest BCUT2D eigenvalue weighted by molar-refractivity contribution is -0.295. The predicted octanol–water partition coefficient (Wildman–Crippen LogP) is 5.00. The fourth-order valence-electron chi connectivity index (χ4n) is 9.36. The third-order valence-corrected chi connectivity index (χ3v) is 12.6. The van der Waals surface area contributed by atoms with Crippen molar-refractivity contribution in [1.82, 2.24) is 14.7 Å². The molecule has 0 amide bonds. The van der Waals surface area contributed by atoms with Crippen molar-refractivity contribution >= 4 is 11.8 Å². The van der Waals surface area contributed by atoms with Gasteiger partial charge in [0.1, 0.15) is 18.1 Å². The molecule has 4 rings (SSSR count). The van der Waals surface area contributed by atoms with Crippen molar-refractivity contribution in [3.63, 3.8) is 0 Å². The van der Waals surface area contributed by atoms with Gasteiger partial charge in [0.15, 0.2) is 12.1 Å². The summed E-state index contributed by atoms with van der Waals surface area (Å²) < 4.78 is 25.2. The Morgan fingerprint density at radius 1 is 0.980 bits per heavy atom. The van der Waals surface area contributed by atoms with Crippen LogP contribution >= 0.6 is 0 Å². The number of Topliss-reactive ketones (excluding diaryl/α,β-unsaturated/α-hetero) is 1. The molecule has 0 spiro atoms. The summed E-state index contributed by atoms with van der Waals surface area (Å²) in [4.78, 5) is 35.1. The molecule has 0 aromatic heterocycles. The number of hydrogen-bond acceptors (Lipinski definition) is 10. The van der Waals surface area contributed by atoms with Crippen LogP contribution in [0.2, 0.25) is 0 Å². The molecular weight excluding hydrogens is 622 g/mol. The van der Waals surface area contributed by atoms with Crippen LogP contribution in [0, 0.1) is 29.1 Å². The van der Waals surface area contributed by atoms with E-state index in [0.29, 0.717) is 18.8 Å². The van der Waals surface area contributed by atoms with Gasteiger partial charge < -0.3 is 33.9 Å². The Morgan fingerprint density at radius 3 is 2.24 bits per heavy atom. The van der Waals surface area contributed by atoms with Crippen molar-refractivity contribution < 1.29 is 33.6 Å². The number of likely N-dealkylation sites (N-methyl/N-ethyl adjacent to an activating group) is 2. The quantitative estimate of drug-likeness (QED) is 0.276. The number of esters is 1. The maximum atomic E-state index is 14.3. The second-order valence-corrected chi connectivity index (χ2v) is 17.4. The summed E-state index contributed by atoms with van der Waals surface area (Å²) in [6.07, 6.45) is 8.74.